The molecule has 1 heterocycles. The van der Waals surface area contributed by atoms with Gasteiger partial charge in [0.05, 0.1) is 32.5 Å². The van der Waals surface area contributed by atoms with Crippen LogP contribution in [0.3, 0.4) is 0 Å². The minimum atomic E-state index is -0.419. The van der Waals surface area contributed by atoms with Crippen molar-refractivity contribution in [2.24, 2.45) is 0 Å². The van der Waals surface area contributed by atoms with E-state index in [2.05, 4.69) is 0 Å². The zero-order valence-electron chi connectivity index (χ0n) is 21.3. The maximum absolute atomic E-state index is 9.66. The molecule has 194 valence electrons. The van der Waals surface area contributed by atoms with Gasteiger partial charge in [0.15, 0.2) is 6.10 Å². The normalized spacial score (nSPS) is 20.4. The van der Waals surface area contributed by atoms with Crippen molar-refractivity contribution in [3.8, 4) is 0 Å². The fraction of sp³-hybridized carbons (Fsp3) is 0.312. The molecule has 0 saturated carbocycles. The second kappa shape index (κ2) is 14.5. The number of aliphatic hydroxyl groups excluding tert-OH is 1. The molecule has 37 heavy (non-hydrogen) atoms. The van der Waals surface area contributed by atoms with E-state index in [9.17, 15) is 5.11 Å². The van der Waals surface area contributed by atoms with Crippen molar-refractivity contribution in [2.45, 2.75) is 57.6 Å². The first-order chi connectivity index (χ1) is 18.2. The van der Waals surface area contributed by atoms with E-state index >= 15 is 0 Å². The summed E-state index contributed by atoms with van der Waals surface area (Å²) in [6, 6.07) is 30.3. The second-order valence-electron chi connectivity index (χ2n) is 9.24. The molecule has 3 aromatic carbocycles. The van der Waals surface area contributed by atoms with Crippen molar-refractivity contribution in [1.29, 1.82) is 0 Å². The summed E-state index contributed by atoms with van der Waals surface area (Å²) < 4.78 is 25.3. The predicted octanol–water partition coefficient (Wildman–Crippen LogP) is 5.98. The van der Waals surface area contributed by atoms with Crippen LogP contribution in [-0.4, -0.2) is 36.1 Å². The summed E-state index contributed by atoms with van der Waals surface area (Å²) in [7, 11) is 0. The van der Waals surface area contributed by atoms with Gasteiger partial charge in [-0.05, 0) is 42.2 Å². The number of rotatable bonds is 13. The van der Waals surface area contributed by atoms with E-state index in [1.165, 1.54) is 0 Å². The number of aliphatic hydroxyl groups is 1. The third-order valence-electron chi connectivity index (χ3n) is 6.03. The average molecular weight is 501 g/mol. The maximum Gasteiger partial charge on any atom is 0.151 e. The summed E-state index contributed by atoms with van der Waals surface area (Å²) in [5, 5.41) is 9.66. The lowest BCUT2D eigenvalue weighted by Crippen LogP contribution is -2.47. The van der Waals surface area contributed by atoms with Crippen LogP contribution < -0.4 is 0 Å². The molecule has 5 nitrogen and oxygen atoms in total. The third-order valence-corrected chi connectivity index (χ3v) is 6.03. The standard InChI is InChI=1S/C32H36O5/c1-25(33)12-11-19-29-20-30(35-22-27-15-7-3-8-16-27)32(36-23-28-17-9-4-10-18-28)31(37-29)24-34-21-26-13-5-2-6-14-26/h2-11,13-20,25,30-33H,12,21-24H2,1H3/b19-11-/t25-,30-,31-,32+/m1/s1. The van der Waals surface area contributed by atoms with Crippen LogP contribution in [0.5, 0.6) is 0 Å². The molecule has 4 atom stereocenters. The van der Waals surface area contributed by atoms with Gasteiger partial charge in [-0.25, -0.2) is 0 Å². The fourth-order valence-corrected chi connectivity index (χ4v) is 4.10. The van der Waals surface area contributed by atoms with Crippen LogP contribution in [-0.2, 0) is 38.8 Å². The lowest BCUT2D eigenvalue weighted by molar-refractivity contribution is -0.151. The quantitative estimate of drug-likeness (QED) is 0.313. The molecule has 0 bridgehead atoms. The summed E-state index contributed by atoms with van der Waals surface area (Å²) >= 11 is 0. The number of allylic oxidation sites excluding steroid dienone is 1. The van der Waals surface area contributed by atoms with E-state index in [1.807, 2.05) is 109 Å². The summed E-state index contributed by atoms with van der Waals surface area (Å²) in [5.74, 6) is 0.687. The largest absolute Gasteiger partial charge is 0.485 e. The lowest BCUT2D eigenvalue weighted by atomic mass is 10.0. The molecule has 0 radical (unpaired) electrons. The summed E-state index contributed by atoms with van der Waals surface area (Å²) in [4.78, 5) is 0. The zero-order valence-corrected chi connectivity index (χ0v) is 21.3. The van der Waals surface area contributed by atoms with Gasteiger partial charge in [-0.15, -0.1) is 0 Å². The van der Waals surface area contributed by atoms with Gasteiger partial charge < -0.3 is 24.1 Å². The summed E-state index contributed by atoms with van der Waals surface area (Å²) in [5.41, 5.74) is 3.27. The van der Waals surface area contributed by atoms with Gasteiger partial charge in [0.25, 0.3) is 0 Å². The molecule has 1 N–H and O–H groups in total. The Bertz CT molecular complexity index is 1100. The van der Waals surface area contributed by atoms with Crippen molar-refractivity contribution in [3.63, 3.8) is 0 Å². The van der Waals surface area contributed by atoms with E-state index in [0.29, 0.717) is 38.6 Å². The number of hydrogen-bond donors (Lipinski definition) is 1. The molecule has 0 saturated heterocycles. The SMILES string of the molecule is C[C@@H](O)C/C=C\C1=C[C@@H](OCc2ccccc2)[C@H](OCc2ccccc2)[C@@H](COCc2ccccc2)O1. The lowest BCUT2D eigenvalue weighted by Gasteiger charge is -2.36. The Morgan fingerprint density at radius 1 is 0.784 bits per heavy atom. The Balaban J connectivity index is 1.52. The van der Waals surface area contributed by atoms with Crippen LogP contribution in [0.15, 0.2) is 115 Å². The minimum Gasteiger partial charge on any atom is -0.485 e. The smallest absolute Gasteiger partial charge is 0.151 e. The molecule has 1 aliphatic rings. The van der Waals surface area contributed by atoms with Gasteiger partial charge >= 0.3 is 0 Å². The van der Waals surface area contributed by atoms with E-state index in [-0.39, 0.29) is 18.3 Å². The zero-order chi connectivity index (χ0) is 25.7. The van der Waals surface area contributed by atoms with Gasteiger partial charge in [-0.1, -0.05) is 97.1 Å². The molecule has 5 heteroatoms. The van der Waals surface area contributed by atoms with Crippen LogP contribution in [0, 0.1) is 0 Å². The molecule has 0 fully saturated rings. The van der Waals surface area contributed by atoms with Gasteiger partial charge in [0, 0.05) is 0 Å². The number of benzene rings is 3. The van der Waals surface area contributed by atoms with Gasteiger partial charge in [-0.3, -0.25) is 0 Å². The molecule has 3 aromatic rings. The maximum atomic E-state index is 9.66. The van der Waals surface area contributed by atoms with Gasteiger partial charge in [0.1, 0.15) is 18.0 Å². The first-order valence-electron chi connectivity index (χ1n) is 12.8. The summed E-state index contributed by atoms with van der Waals surface area (Å²) in [6.45, 7) is 3.49. The van der Waals surface area contributed by atoms with E-state index in [4.69, 9.17) is 18.9 Å². The Kier molecular flexibility index (Phi) is 10.5. The molecule has 0 aromatic heterocycles. The number of hydrogen-bond acceptors (Lipinski definition) is 5. The molecule has 0 unspecified atom stereocenters. The molecular formula is C32H36O5. The fourth-order valence-electron chi connectivity index (χ4n) is 4.10. The predicted molar refractivity (Wildman–Crippen MR) is 145 cm³/mol. The Labute approximate surface area is 220 Å². The van der Waals surface area contributed by atoms with Gasteiger partial charge in [0.2, 0.25) is 0 Å². The van der Waals surface area contributed by atoms with Crippen molar-refractivity contribution in [3.05, 3.63) is 132 Å². The average Bonchev–Trinajstić information content (AvgIpc) is 2.93. The minimum absolute atomic E-state index is 0.339. The second-order valence-corrected chi connectivity index (χ2v) is 9.24. The first kappa shape index (κ1) is 26.8. The molecular weight excluding hydrogens is 464 g/mol. The topological polar surface area (TPSA) is 57.2 Å². The monoisotopic (exact) mass is 500 g/mol. The van der Waals surface area contributed by atoms with E-state index in [0.717, 1.165) is 16.7 Å². The highest BCUT2D eigenvalue weighted by Gasteiger charge is 2.36. The van der Waals surface area contributed by atoms with Crippen molar-refractivity contribution in [2.75, 3.05) is 6.61 Å². The van der Waals surface area contributed by atoms with Crippen LogP contribution in [0.1, 0.15) is 30.0 Å². The first-order valence-corrected chi connectivity index (χ1v) is 12.8. The highest BCUT2D eigenvalue weighted by Crippen LogP contribution is 2.27. The Morgan fingerprint density at radius 2 is 1.32 bits per heavy atom. The van der Waals surface area contributed by atoms with Crippen molar-refractivity contribution in [1.82, 2.24) is 0 Å². The van der Waals surface area contributed by atoms with Crippen molar-refractivity contribution < 1.29 is 24.1 Å². The Morgan fingerprint density at radius 3 is 1.89 bits per heavy atom. The van der Waals surface area contributed by atoms with Crippen molar-refractivity contribution >= 4 is 0 Å². The number of ether oxygens (including phenoxy) is 4. The van der Waals surface area contributed by atoms with E-state index < -0.39 is 6.10 Å². The molecule has 0 aliphatic carbocycles. The molecule has 0 spiro atoms. The van der Waals surface area contributed by atoms with Crippen LogP contribution in [0.2, 0.25) is 0 Å². The Hall–Kier alpha value is -3.22. The van der Waals surface area contributed by atoms with Crippen LogP contribution >= 0.6 is 0 Å². The highest BCUT2D eigenvalue weighted by atomic mass is 16.6. The highest BCUT2D eigenvalue weighted by molar-refractivity contribution is 5.21. The molecule has 4 rings (SSSR count). The molecule has 1 aliphatic heterocycles. The van der Waals surface area contributed by atoms with Crippen LogP contribution in [0.25, 0.3) is 0 Å². The van der Waals surface area contributed by atoms with Crippen LogP contribution in [0.4, 0.5) is 0 Å². The van der Waals surface area contributed by atoms with E-state index in [1.54, 1.807) is 6.92 Å². The molecule has 0 amide bonds. The third kappa shape index (κ3) is 8.99. The van der Waals surface area contributed by atoms with Gasteiger partial charge in [-0.2, -0.15) is 0 Å². The summed E-state index contributed by atoms with van der Waals surface area (Å²) in [6.07, 6.45) is 4.82.